The first-order chi connectivity index (χ1) is 7.65. The van der Waals surface area contributed by atoms with E-state index < -0.39 is 0 Å². The Morgan fingerprint density at radius 3 is 2.31 bits per heavy atom. The molecule has 0 saturated carbocycles. The standard InChI is InChI=1S/C14H24N2/c1-11(2)12(3)9-16-10-14-7-5-4-6-13(14)8-15/h4-7,11-12,16H,8-10,15H2,1-3H3. The predicted molar refractivity (Wildman–Crippen MR) is 70.0 cm³/mol. The Bertz CT molecular complexity index is 307. The first kappa shape index (κ1) is 13.2. The Kier molecular flexibility index (Phi) is 5.50. The molecule has 0 amide bonds. The molecule has 0 radical (unpaired) electrons. The van der Waals surface area contributed by atoms with Crippen molar-refractivity contribution in [3.05, 3.63) is 35.4 Å². The average Bonchev–Trinajstić information content (AvgIpc) is 2.29. The highest BCUT2D eigenvalue weighted by Gasteiger charge is 2.06. The van der Waals surface area contributed by atoms with Gasteiger partial charge < -0.3 is 11.1 Å². The lowest BCUT2D eigenvalue weighted by molar-refractivity contribution is 0.392. The minimum absolute atomic E-state index is 0.623. The minimum atomic E-state index is 0.623. The van der Waals surface area contributed by atoms with Gasteiger partial charge >= 0.3 is 0 Å². The van der Waals surface area contributed by atoms with Gasteiger partial charge in [0.1, 0.15) is 0 Å². The Morgan fingerprint density at radius 1 is 1.12 bits per heavy atom. The quantitative estimate of drug-likeness (QED) is 0.773. The van der Waals surface area contributed by atoms with Crippen LogP contribution in [0.2, 0.25) is 0 Å². The van der Waals surface area contributed by atoms with Gasteiger partial charge in [-0.05, 0) is 29.5 Å². The van der Waals surface area contributed by atoms with E-state index in [4.69, 9.17) is 5.73 Å². The Balaban J connectivity index is 2.42. The fraction of sp³-hybridized carbons (Fsp3) is 0.571. The third-order valence-corrected chi connectivity index (χ3v) is 3.26. The summed E-state index contributed by atoms with van der Waals surface area (Å²) >= 11 is 0. The lowest BCUT2D eigenvalue weighted by Gasteiger charge is -2.16. The summed E-state index contributed by atoms with van der Waals surface area (Å²) in [4.78, 5) is 0. The summed E-state index contributed by atoms with van der Waals surface area (Å²) in [5, 5.41) is 3.50. The van der Waals surface area contributed by atoms with Crippen molar-refractivity contribution in [2.24, 2.45) is 17.6 Å². The number of rotatable bonds is 6. The van der Waals surface area contributed by atoms with Gasteiger partial charge in [-0.1, -0.05) is 45.0 Å². The van der Waals surface area contributed by atoms with Crippen molar-refractivity contribution in [3.8, 4) is 0 Å². The van der Waals surface area contributed by atoms with Crippen molar-refractivity contribution in [3.63, 3.8) is 0 Å². The van der Waals surface area contributed by atoms with Crippen molar-refractivity contribution >= 4 is 0 Å². The Hall–Kier alpha value is -0.860. The molecule has 2 heteroatoms. The van der Waals surface area contributed by atoms with Gasteiger partial charge in [-0.25, -0.2) is 0 Å². The summed E-state index contributed by atoms with van der Waals surface area (Å²) in [6.07, 6.45) is 0. The molecule has 0 aliphatic heterocycles. The lowest BCUT2D eigenvalue weighted by atomic mass is 9.98. The van der Waals surface area contributed by atoms with E-state index in [0.29, 0.717) is 12.5 Å². The van der Waals surface area contributed by atoms with E-state index in [1.807, 2.05) is 6.07 Å². The maximum Gasteiger partial charge on any atom is 0.0208 e. The van der Waals surface area contributed by atoms with Gasteiger partial charge in [-0.15, -0.1) is 0 Å². The van der Waals surface area contributed by atoms with Crippen LogP contribution < -0.4 is 11.1 Å². The minimum Gasteiger partial charge on any atom is -0.326 e. The van der Waals surface area contributed by atoms with E-state index in [-0.39, 0.29) is 0 Å². The van der Waals surface area contributed by atoms with E-state index in [9.17, 15) is 0 Å². The van der Waals surface area contributed by atoms with Crippen molar-refractivity contribution in [2.45, 2.75) is 33.9 Å². The number of benzene rings is 1. The van der Waals surface area contributed by atoms with E-state index in [1.54, 1.807) is 0 Å². The van der Waals surface area contributed by atoms with Crippen LogP contribution in [0.5, 0.6) is 0 Å². The maximum atomic E-state index is 5.70. The zero-order valence-corrected chi connectivity index (χ0v) is 10.7. The zero-order chi connectivity index (χ0) is 12.0. The fourth-order valence-corrected chi connectivity index (χ4v) is 1.60. The molecule has 0 aromatic heterocycles. The highest BCUT2D eigenvalue weighted by atomic mass is 14.9. The molecule has 1 rings (SSSR count). The van der Waals surface area contributed by atoms with Gasteiger partial charge in [0.05, 0.1) is 0 Å². The van der Waals surface area contributed by atoms with Crippen LogP contribution in [0, 0.1) is 11.8 Å². The molecule has 0 heterocycles. The van der Waals surface area contributed by atoms with Crippen LogP contribution in [0.1, 0.15) is 31.9 Å². The van der Waals surface area contributed by atoms with Crippen molar-refractivity contribution in [1.82, 2.24) is 5.32 Å². The van der Waals surface area contributed by atoms with E-state index >= 15 is 0 Å². The topological polar surface area (TPSA) is 38.0 Å². The van der Waals surface area contributed by atoms with Crippen LogP contribution in [0.3, 0.4) is 0 Å². The van der Waals surface area contributed by atoms with E-state index in [2.05, 4.69) is 44.3 Å². The van der Waals surface area contributed by atoms with Crippen LogP contribution in [0.4, 0.5) is 0 Å². The molecular weight excluding hydrogens is 196 g/mol. The van der Waals surface area contributed by atoms with Crippen LogP contribution in [0.25, 0.3) is 0 Å². The van der Waals surface area contributed by atoms with Crippen molar-refractivity contribution < 1.29 is 0 Å². The second-order valence-electron chi connectivity index (χ2n) is 4.83. The molecule has 1 atom stereocenters. The monoisotopic (exact) mass is 220 g/mol. The first-order valence-electron chi connectivity index (χ1n) is 6.12. The SMILES string of the molecule is CC(C)C(C)CNCc1ccccc1CN. The Morgan fingerprint density at radius 2 is 1.75 bits per heavy atom. The smallest absolute Gasteiger partial charge is 0.0208 e. The maximum absolute atomic E-state index is 5.70. The number of hydrogen-bond donors (Lipinski definition) is 2. The molecule has 0 bridgehead atoms. The third kappa shape index (κ3) is 3.95. The van der Waals surface area contributed by atoms with Gasteiger partial charge in [-0.3, -0.25) is 0 Å². The zero-order valence-electron chi connectivity index (χ0n) is 10.7. The molecule has 0 aliphatic carbocycles. The molecule has 0 aliphatic rings. The largest absolute Gasteiger partial charge is 0.326 e. The number of nitrogens with two attached hydrogens (primary N) is 1. The van der Waals surface area contributed by atoms with Crippen LogP contribution in [-0.2, 0) is 13.1 Å². The molecule has 3 N–H and O–H groups in total. The van der Waals surface area contributed by atoms with E-state index in [0.717, 1.165) is 19.0 Å². The molecule has 2 nitrogen and oxygen atoms in total. The lowest BCUT2D eigenvalue weighted by Crippen LogP contribution is -2.24. The molecule has 16 heavy (non-hydrogen) atoms. The molecular formula is C14H24N2. The van der Waals surface area contributed by atoms with Crippen LogP contribution in [0.15, 0.2) is 24.3 Å². The predicted octanol–water partition coefficient (Wildman–Crippen LogP) is 2.53. The summed E-state index contributed by atoms with van der Waals surface area (Å²) in [5.74, 6) is 1.45. The first-order valence-corrected chi connectivity index (χ1v) is 6.12. The molecule has 0 fully saturated rings. The Labute approximate surface area is 99.2 Å². The second kappa shape index (κ2) is 6.66. The van der Waals surface area contributed by atoms with Crippen LogP contribution >= 0.6 is 0 Å². The summed E-state index contributed by atoms with van der Waals surface area (Å²) in [6.45, 7) is 9.42. The van der Waals surface area contributed by atoms with Gasteiger partial charge in [0.15, 0.2) is 0 Å². The highest BCUT2D eigenvalue weighted by Crippen LogP contribution is 2.10. The fourth-order valence-electron chi connectivity index (χ4n) is 1.60. The van der Waals surface area contributed by atoms with Gasteiger partial charge in [0.2, 0.25) is 0 Å². The molecule has 1 unspecified atom stereocenters. The second-order valence-corrected chi connectivity index (χ2v) is 4.83. The molecule has 1 aromatic rings. The van der Waals surface area contributed by atoms with Crippen molar-refractivity contribution in [1.29, 1.82) is 0 Å². The molecule has 1 aromatic carbocycles. The van der Waals surface area contributed by atoms with Gasteiger partial charge in [0.25, 0.3) is 0 Å². The number of nitrogens with one attached hydrogen (secondary N) is 1. The van der Waals surface area contributed by atoms with Crippen molar-refractivity contribution in [2.75, 3.05) is 6.54 Å². The van der Waals surface area contributed by atoms with Crippen LogP contribution in [-0.4, -0.2) is 6.54 Å². The van der Waals surface area contributed by atoms with Gasteiger partial charge in [-0.2, -0.15) is 0 Å². The number of hydrogen-bond acceptors (Lipinski definition) is 2. The van der Waals surface area contributed by atoms with E-state index in [1.165, 1.54) is 11.1 Å². The summed E-state index contributed by atoms with van der Waals surface area (Å²) in [5.41, 5.74) is 8.27. The summed E-state index contributed by atoms with van der Waals surface area (Å²) in [7, 11) is 0. The summed E-state index contributed by atoms with van der Waals surface area (Å²) in [6, 6.07) is 8.36. The molecule has 90 valence electrons. The normalized spacial score (nSPS) is 13.1. The average molecular weight is 220 g/mol. The summed E-state index contributed by atoms with van der Waals surface area (Å²) < 4.78 is 0. The molecule has 0 spiro atoms. The highest BCUT2D eigenvalue weighted by molar-refractivity contribution is 5.26. The van der Waals surface area contributed by atoms with Gasteiger partial charge in [0, 0.05) is 13.1 Å². The molecule has 0 saturated heterocycles. The third-order valence-electron chi connectivity index (χ3n) is 3.26.